The van der Waals surface area contributed by atoms with Crippen molar-refractivity contribution in [2.45, 2.75) is 12.1 Å². The number of phenolic OH excluding ortho intramolecular Hbond substituents is 2. The van der Waals surface area contributed by atoms with Crippen LogP contribution in [0.3, 0.4) is 0 Å². The first-order valence-electron chi connectivity index (χ1n) is 6.56. The number of rotatable bonds is 3. The molecule has 6 heteroatoms. The molecule has 1 aliphatic rings. The predicted molar refractivity (Wildman–Crippen MR) is 82.2 cm³/mol. The van der Waals surface area contributed by atoms with E-state index >= 15 is 0 Å². The van der Waals surface area contributed by atoms with Crippen LogP contribution >= 0.6 is 15.9 Å². The van der Waals surface area contributed by atoms with Gasteiger partial charge in [-0.2, -0.15) is 0 Å². The summed E-state index contributed by atoms with van der Waals surface area (Å²) in [5, 5.41) is 19.4. The number of phenols is 2. The van der Waals surface area contributed by atoms with Crippen molar-refractivity contribution < 1.29 is 14.9 Å². The van der Waals surface area contributed by atoms with Crippen molar-refractivity contribution in [2.24, 2.45) is 0 Å². The van der Waals surface area contributed by atoms with Gasteiger partial charge in [0.25, 0.3) is 0 Å². The maximum atomic E-state index is 10.00. The van der Waals surface area contributed by atoms with E-state index in [0.29, 0.717) is 12.1 Å². The van der Waals surface area contributed by atoms with Gasteiger partial charge in [0, 0.05) is 18.2 Å². The minimum absolute atomic E-state index is 0.0329. The summed E-state index contributed by atoms with van der Waals surface area (Å²) in [7, 11) is 0. The van der Waals surface area contributed by atoms with Crippen molar-refractivity contribution in [1.82, 2.24) is 10.9 Å². The summed E-state index contributed by atoms with van der Waals surface area (Å²) in [6, 6.07) is 12.0. The first-order chi connectivity index (χ1) is 10.1. The summed E-state index contributed by atoms with van der Waals surface area (Å²) < 4.78 is 6.89. The molecule has 0 saturated carbocycles. The third-order valence-corrected chi connectivity index (χ3v) is 4.05. The fraction of sp³-hybridized carbons (Fsp3) is 0.200. The number of ether oxygens (including phenoxy) is 1. The number of benzene rings is 2. The number of aromatic hydroxyl groups is 2. The average molecular weight is 351 g/mol. The van der Waals surface area contributed by atoms with E-state index in [0.717, 1.165) is 10.2 Å². The second-order valence-electron chi connectivity index (χ2n) is 4.83. The Hall–Kier alpha value is -1.76. The van der Waals surface area contributed by atoms with E-state index in [-0.39, 0.29) is 23.6 Å². The predicted octanol–water partition coefficient (Wildman–Crippen LogP) is 2.46. The Kier molecular flexibility index (Phi) is 4.01. The molecule has 1 aliphatic heterocycles. The van der Waals surface area contributed by atoms with Gasteiger partial charge < -0.3 is 14.9 Å². The Bertz CT molecular complexity index is 651. The largest absolute Gasteiger partial charge is 0.508 e. The topological polar surface area (TPSA) is 73.8 Å². The van der Waals surface area contributed by atoms with Crippen LogP contribution in [0.2, 0.25) is 0 Å². The van der Waals surface area contributed by atoms with Gasteiger partial charge in [-0.3, -0.25) is 5.43 Å². The minimum Gasteiger partial charge on any atom is -0.508 e. The van der Waals surface area contributed by atoms with Crippen molar-refractivity contribution in [3.05, 3.63) is 52.5 Å². The highest BCUT2D eigenvalue weighted by molar-refractivity contribution is 9.10. The molecule has 2 aromatic carbocycles. The van der Waals surface area contributed by atoms with Crippen molar-refractivity contribution in [2.75, 3.05) is 6.54 Å². The first kappa shape index (κ1) is 14.2. The molecule has 5 nitrogen and oxygen atoms in total. The van der Waals surface area contributed by atoms with Crippen LogP contribution in [0.1, 0.15) is 11.6 Å². The lowest BCUT2D eigenvalue weighted by Gasteiger charge is -2.21. The van der Waals surface area contributed by atoms with Crippen LogP contribution in [0.25, 0.3) is 0 Å². The Morgan fingerprint density at radius 2 is 1.95 bits per heavy atom. The molecular formula is C15H15BrN2O3. The second kappa shape index (κ2) is 5.93. The molecule has 0 spiro atoms. The monoisotopic (exact) mass is 350 g/mol. The number of nitrogens with one attached hydrogen (secondary N) is 2. The van der Waals surface area contributed by atoms with Crippen LogP contribution in [0.15, 0.2) is 46.9 Å². The zero-order valence-corrected chi connectivity index (χ0v) is 12.7. The molecule has 1 heterocycles. The standard InChI is InChI=1S/C15H15BrN2O3/c16-11-3-1-2-4-13(11)21-14-8-17-18-15(14)10-6-5-9(19)7-12(10)20/h1-7,14-15,17-20H,8H2. The maximum absolute atomic E-state index is 10.00. The van der Waals surface area contributed by atoms with Gasteiger partial charge in [0.1, 0.15) is 23.4 Å². The van der Waals surface area contributed by atoms with E-state index in [1.807, 2.05) is 24.3 Å². The van der Waals surface area contributed by atoms with Crippen LogP contribution in [-0.4, -0.2) is 22.9 Å². The molecule has 0 bridgehead atoms. The van der Waals surface area contributed by atoms with Gasteiger partial charge in [0.15, 0.2) is 0 Å². The van der Waals surface area contributed by atoms with Crippen LogP contribution < -0.4 is 15.6 Å². The molecule has 0 aromatic heterocycles. The summed E-state index contributed by atoms with van der Waals surface area (Å²) in [5.74, 6) is 0.818. The lowest BCUT2D eigenvalue weighted by Crippen LogP contribution is -2.28. The smallest absolute Gasteiger partial charge is 0.134 e. The van der Waals surface area contributed by atoms with Gasteiger partial charge in [-0.05, 0) is 40.2 Å². The number of hydrogen-bond acceptors (Lipinski definition) is 5. The molecule has 0 amide bonds. The van der Waals surface area contributed by atoms with Crippen molar-refractivity contribution in [1.29, 1.82) is 0 Å². The highest BCUT2D eigenvalue weighted by Gasteiger charge is 2.32. The Labute approximate surface area is 130 Å². The van der Waals surface area contributed by atoms with E-state index in [1.165, 1.54) is 6.07 Å². The minimum atomic E-state index is -0.210. The average Bonchev–Trinajstić information content (AvgIpc) is 2.89. The van der Waals surface area contributed by atoms with Gasteiger partial charge in [0.05, 0.1) is 10.5 Å². The third-order valence-electron chi connectivity index (χ3n) is 3.40. The number of halogens is 1. The Morgan fingerprint density at radius 3 is 2.71 bits per heavy atom. The summed E-state index contributed by atoms with van der Waals surface area (Å²) in [6.07, 6.45) is -0.181. The van der Waals surface area contributed by atoms with Crippen molar-refractivity contribution >= 4 is 15.9 Å². The normalized spacial score (nSPS) is 21.4. The fourth-order valence-electron chi connectivity index (χ4n) is 2.37. The van der Waals surface area contributed by atoms with E-state index in [2.05, 4.69) is 26.8 Å². The molecule has 1 fully saturated rings. The van der Waals surface area contributed by atoms with Crippen LogP contribution in [0, 0.1) is 0 Å². The summed E-state index contributed by atoms with van der Waals surface area (Å²) in [5.41, 5.74) is 6.81. The van der Waals surface area contributed by atoms with E-state index < -0.39 is 0 Å². The molecule has 110 valence electrons. The fourth-order valence-corrected chi connectivity index (χ4v) is 2.74. The Balaban J connectivity index is 1.84. The number of hydrazine groups is 1. The number of para-hydroxylation sites is 1. The van der Waals surface area contributed by atoms with E-state index in [1.54, 1.807) is 12.1 Å². The molecule has 4 N–H and O–H groups in total. The molecule has 0 aliphatic carbocycles. The molecule has 2 unspecified atom stereocenters. The third kappa shape index (κ3) is 2.97. The quantitative estimate of drug-likeness (QED) is 0.684. The van der Waals surface area contributed by atoms with Gasteiger partial charge in [-0.15, -0.1) is 0 Å². The van der Waals surface area contributed by atoms with Crippen LogP contribution in [-0.2, 0) is 0 Å². The molecule has 1 saturated heterocycles. The summed E-state index contributed by atoms with van der Waals surface area (Å²) in [4.78, 5) is 0. The van der Waals surface area contributed by atoms with Crippen molar-refractivity contribution in [3.8, 4) is 17.2 Å². The van der Waals surface area contributed by atoms with Gasteiger partial charge in [-0.1, -0.05) is 12.1 Å². The second-order valence-corrected chi connectivity index (χ2v) is 5.69. The molecule has 21 heavy (non-hydrogen) atoms. The number of hydrogen-bond donors (Lipinski definition) is 4. The van der Waals surface area contributed by atoms with Crippen molar-refractivity contribution in [3.63, 3.8) is 0 Å². The SMILES string of the molecule is Oc1ccc(C2NNCC2Oc2ccccc2Br)c(O)c1. The van der Waals surface area contributed by atoms with E-state index in [9.17, 15) is 10.2 Å². The maximum Gasteiger partial charge on any atom is 0.134 e. The Morgan fingerprint density at radius 1 is 1.14 bits per heavy atom. The van der Waals surface area contributed by atoms with Gasteiger partial charge in [-0.25, -0.2) is 5.43 Å². The van der Waals surface area contributed by atoms with Crippen LogP contribution in [0.5, 0.6) is 17.2 Å². The molecule has 3 rings (SSSR count). The highest BCUT2D eigenvalue weighted by atomic mass is 79.9. The molecule has 2 aromatic rings. The molecule has 0 radical (unpaired) electrons. The first-order valence-corrected chi connectivity index (χ1v) is 7.36. The van der Waals surface area contributed by atoms with Gasteiger partial charge in [0.2, 0.25) is 0 Å². The molecule has 2 atom stereocenters. The zero-order valence-electron chi connectivity index (χ0n) is 11.1. The van der Waals surface area contributed by atoms with E-state index in [4.69, 9.17) is 4.74 Å². The zero-order chi connectivity index (χ0) is 14.8. The summed E-state index contributed by atoms with van der Waals surface area (Å²) in [6.45, 7) is 0.603. The summed E-state index contributed by atoms with van der Waals surface area (Å²) >= 11 is 3.46. The highest BCUT2D eigenvalue weighted by Crippen LogP contribution is 2.34. The lowest BCUT2D eigenvalue weighted by atomic mass is 10.0. The molecular weight excluding hydrogens is 336 g/mol. The van der Waals surface area contributed by atoms with Crippen LogP contribution in [0.4, 0.5) is 0 Å². The lowest BCUT2D eigenvalue weighted by molar-refractivity contribution is 0.194. The van der Waals surface area contributed by atoms with Gasteiger partial charge >= 0.3 is 0 Å².